The quantitative estimate of drug-likeness (QED) is 0.721. The molecule has 0 aliphatic rings. The first kappa shape index (κ1) is 14.2. The van der Waals surface area contributed by atoms with E-state index in [4.69, 9.17) is 11.6 Å². The lowest BCUT2D eigenvalue weighted by molar-refractivity contribution is -0.274. The van der Waals surface area contributed by atoms with E-state index in [2.05, 4.69) is 4.74 Å². The number of aryl methyl sites for hydroxylation is 1. The van der Waals surface area contributed by atoms with Crippen LogP contribution in [0.25, 0.3) is 0 Å². The topological polar surface area (TPSA) is 9.23 Å². The molecule has 0 unspecified atom stereocenters. The van der Waals surface area contributed by atoms with E-state index in [1.165, 1.54) is 6.07 Å². The molecular formula is C12H14ClF3O. The van der Waals surface area contributed by atoms with Gasteiger partial charge in [-0.15, -0.1) is 24.8 Å². The van der Waals surface area contributed by atoms with Crippen molar-refractivity contribution in [3.05, 3.63) is 29.3 Å². The standard InChI is InChI=1S/C12H14ClF3O/c1-2-9-5-3-7-11(17-12(14,15)16)10(9)6-4-8-13/h3,5,7H,2,4,6,8H2,1H3. The van der Waals surface area contributed by atoms with Crippen LogP contribution in [0.4, 0.5) is 13.2 Å². The van der Waals surface area contributed by atoms with Crippen molar-refractivity contribution < 1.29 is 17.9 Å². The van der Waals surface area contributed by atoms with Crippen molar-refractivity contribution in [2.24, 2.45) is 0 Å². The van der Waals surface area contributed by atoms with Gasteiger partial charge in [0.2, 0.25) is 0 Å². The van der Waals surface area contributed by atoms with Crippen LogP contribution < -0.4 is 4.74 Å². The van der Waals surface area contributed by atoms with Gasteiger partial charge in [-0.25, -0.2) is 0 Å². The van der Waals surface area contributed by atoms with Gasteiger partial charge in [0.1, 0.15) is 5.75 Å². The maximum absolute atomic E-state index is 12.2. The Labute approximate surface area is 104 Å². The maximum Gasteiger partial charge on any atom is 0.573 e. The van der Waals surface area contributed by atoms with Crippen molar-refractivity contribution in [1.82, 2.24) is 0 Å². The smallest absolute Gasteiger partial charge is 0.405 e. The van der Waals surface area contributed by atoms with Gasteiger partial charge in [0.25, 0.3) is 0 Å². The van der Waals surface area contributed by atoms with Gasteiger partial charge in [0.15, 0.2) is 0 Å². The molecule has 1 aromatic rings. The molecule has 0 aliphatic carbocycles. The Morgan fingerprint density at radius 1 is 1.29 bits per heavy atom. The highest BCUT2D eigenvalue weighted by molar-refractivity contribution is 6.17. The first-order valence-electron chi connectivity index (χ1n) is 5.40. The molecule has 0 saturated heterocycles. The molecule has 0 N–H and O–H groups in total. The van der Waals surface area contributed by atoms with Crippen LogP contribution in [0.2, 0.25) is 0 Å². The Kier molecular flexibility index (Phi) is 5.12. The number of ether oxygens (including phenoxy) is 1. The van der Waals surface area contributed by atoms with Crippen LogP contribution >= 0.6 is 11.6 Å². The van der Waals surface area contributed by atoms with Gasteiger partial charge < -0.3 is 4.74 Å². The summed E-state index contributed by atoms with van der Waals surface area (Å²) in [6, 6.07) is 4.73. The second-order valence-corrected chi connectivity index (χ2v) is 3.97. The van der Waals surface area contributed by atoms with E-state index in [1.54, 1.807) is 6.07 Å². The van der Waals surface area contributed by atoms with Gasteiger partial charge in [-0.05, 0) is 36.5 Å². The van der Waals surface area contributed by atoms with E-state index in [1.807, 2.05) is 13.0 Å². The average molecular weight is 267 g/mol. The molecule has 0 aromatic heterocycles. The van der Waals surface area contributed by atoms with Crippen molar-refractivity contribution in [2.45, 2.75) is 32.5 Å². The predicted molar refractivity (Wildman–Crippen MR) is 61.5 cm³/mol. The molecule has 0 heterocycles. The maximum atomic E-state index is 12.2. The van der Waals surface area contributed by atoms with Crippen LogP contribution in [0.1, 0.15) is 24.5 Å². The van der Waals surface area contributed by atoms with E-state index in [-0.39, 0.29) is 5.75 Å². The first-order valence-corrected chi connectivity index (χ1v) is 5.94. The predicted octanol–water partition coefficient (Wildman–Crippen LogP) is 4.32. The van der Waals surface area contributed by atoms with E-state index < -0.39 is 6.36 Å². The van der Waals surface area contributed by atoms with Crippen LogP contribution in [0.3, 0.4) is 0 Å². The van der Waals surface area contributed by atoms with Crippen molar-refractivity contribution >= 4 is 11.6 Å². The van der Waals surface area contributed by atoms with Crippen LogP contribution in [-0.2, 0) is 12.8 Å². The summed E-state index contributed by atoms with van der Waals surface area (Å²) < 4.78 is 40.7. The summed E-state index contributed by atoms with van der Waals surface area (Å²) in [4.78, 5) is 0. The van der Waals surface area contributed by atoms with Gasteiger partial charge in [-0.2, -0.15) is 0 Å². The molecule has 0 aliphatic heterocycles. The fraction of sp³-hybridized carbons (Fsp3) is 0.500. The van der Waals surface area contributed by atoms with Crippen molar-refractivity contribution in [3.8, 4) is 5.75 Å². The summed E-state index contributed by atoms with van der Waals surface area (Å²) in [5.74, 6) is 0.311. The Bertz CT molecular complexity index is 363. The Balaban J connectivity index is 3.01. The number of benzene rings is 1. The van der Waals surface area contributed by atoms with Gasteiger partial charge in [-0.3, -0.25) is 0 Å². The minimum Gasteiger partial charge on any atom is -0.405 e. The first-order chi connectivity index (χ1) is 7.98. The highest BCUT2D eigenvalue weighted by atomic mass is 35.5. The number of halogens is 4. The number of hydrogen-bond acceptors (Lipinski definition) is 1. The summed E-state index contributed by atoms with van der Waals surface area (Å²) in [5, 5.41) is 0. The molecule has 1 rings (SSSR count). The summed E-state index contributed by atoms with van der Waals surface area (Å²) in [5.41, 5.74) is 1.48. The molecule has 0 saturated carbocycles. The largest absolute Gasteiger partial charge is 0.573 e. The molecule has 0 radical (unpaired) electrons. The van der Waals surface area contributed by atoms with Gasteiger partial charge >= 0.3 is 6.36 Å². The summed E-state index contributed by atoms with van der Waals surface area (Å²) >= 11 is 5.57. The molecule has 1 aromatic carbocycles. The minimum absolute atomic E-state index is 0.109. The van der Waals surface area contributed by atoms with Crippen LogP contribution in [0, 0.1) is 0 Å². The van der Waals surface area contributed by atoms with E-state index in [9.17, 15) is 13.2 Å². The Morgan fingerprint density at radius 3 is 2.53 bits per heavy atom. The Hall–Kier alpha value is -0.900. The Morgan fingerprint density at radius 2 is 2.00 bits per heavy atom. The van der Waals surface area contributed by atoms with Gasteiger partial charge in [-0.1, -0.05) is 19.1 Å². The third-order valence-corrected chi connectivity index (χ3v) is 2.66. The normalized spacial score (nSPS) is 11.6. The highest BCUT2D eigenvalue weighted by Crippen LogP contribution is 2.29. The molecule has 17 heavy (non-hydrogen) atoms. The molecule has 0 atom stereocenters. The fourth-order valence-electron chi connectivity index (χ4n) is 1.69. The lowest BCUT2D eigenvalue weighted by atomic mass is 10.0. The SMILES string of the molecule is CCc1cccc(OC(F)(F)F)c1CCCCl. The van der Waals surface area contributed by atoms with Crippen LogP contribution in [0.5, 0.6) is 5.75 Å². The fourth-order valence-corrected chi connectivity index (χ4v) is 1.82. The average Bonchev–Trinajstić information content (AvgIpc) is 2.25. The zero-order valence-corrected chi connectivity index (χ0v) is 10.2. The molecule has 0 spiro atoms. The van der Waals surface area contributed by atoms with Crippen molar-refractivity contribution in [2.75, 3.05) is 5.88 Å². The van der Waals surface area contributed by atoms with Crippen molar-refractivity contribution in [1.29, 1.82) is 0 Å². The van der Waals surface area contributed by atoms with Crippen LogP contribution in [0.15, 0.2) is 18.2 Å². The monoisotopic (exact) mass is 266 g/mol. The molecule has 0 amide bonds. The summed E-state index contributed by atoms with van der Waals surface area (Å²) in [7, 11) is 0. The second kappa shape index (κ2) is 6.15. The summed E-state index contributed by atoms with van der Waals surface area (Å²) in [6.45, 7) is 1.90. The van der Waals surface area contributed by atoms with E-state index in [0.29, 0.717) is 30.7 Å². The zero-order valence-electron chi connectivity index (χ0n) is 9.48. The van der Waals surface area contributed by atoms with E-state index in [0.717, 1.165) is 5.56 Å². The molecule has 5 heteroatoms. The molecule has 0 bridgehead atoms. The molecule has 0 fully saturated rings. The number of rotatable bonds is 5. The third kappa shape index (κ3) is 4.46. The summed E-state index contributed by atoms with van der Waals surface area (Å²) in [6.07, 6.45) is -2.85. The van der Waals surface area contributed by atoms with Crippen molar-refractivity contribution in [3.63, 3.8) is 0 Å². The minimum atomic E-state index is -4.65. The molecule has 1 nitrogen and oxygen atoms in total. The van der Waals surface area contributed by atoms with Crippen LogP contribution in [-0.4, -0.2) is 12.2 Å². The zero-order chi connectivity index (χ0) is 12.9. The molecule has 96 valence electrons. The van der Waals surface area contributed by atoms with Gasteiger partial charge in [0, 0.05) is 5.88 Å². The van der Waals surface area contributed by atoms with E-state index >= 15 is 0 Å². The highest BCUT2D eigenvalue weighted by Gasteiger charge is 2.32. The van der Waals surface area contributed by atoms with Gasteiger partial charge in [0.05, 0.1) is 0 Å². The third-order valence-electron chi connectivity index (χ3n) is 2.40. The lowest BCUT2D eigenvalue weighted by Gasteiger charge is -2.15. The molecular weight excluding hydrogens is 253 g/mol. The lowest BCUT2D eigenvalue weighted by Crippen LogP contribution is -2.18. The second-order valence-electron chi connectivity index (χ2n) is 3.59. The number of alkyl halides is 4. The number of hydrogen-bond donors (Lipinski definition) is 0.